The molecule has 1 aliphatic heterocycles. The van der Waals surface area contributed by atoms with Gasteiger partial charge in [-0.1, -0.05) is 30.0 Å². The molecule has 8 heteroatoms. The van der Waals surface area contributed by atoms with Crippen LogP contribution in [-0.4, -0.2) is 61.6 Å². The Balaban J connectivity index is 0.00000225. The van der Waals surface area contributed by atoms with Crippen LogP contribution >= 0.6 is 24.2 Å². The number of aromatic nitrogens is 1. The van der Waals surface area contributed by atoms with E-state index in [1.807, 2.05) is 30.3 Å². The first-order valence-corrected chi connectivity index (χ1v) is 8.84. The molecule has 1 aliphatic rings. The maximum atomic E-state index is 12.0. The first-order chi connectivity index (χ1) is 11.8. The minimum absolute atomic E-state index is 0. The summed E-state index contributed by atoms with van der Waals surface area (Å²) in [5, 5.41) is 0.508. The molecule has 0 bridgehead atoms. The largest absolute Gasteiger partial charge is 0.464 e. The van der Waals surface area contributed by atoms with E-state index in [4.69, 9.17) is 13.9 Å². The number of nitrogens with zero attached hydrogens (tertiary/aromatic N) is 2. The smallest absolute Gasteiger partial charge is 0.361 e. The standard InChI is InChI=1S/C17H20N2O4S.ClH/c1-21-16(20)14-17(24-12-9-19-7-10-22-11-8-19)23-15(18-14)13-5-3-2-4-6-13;/h2-6H,7-12H2,1H3;1H. The number of halogens is 1. The number of esters is 1. The number of hydrogen-bond acceptors (Lipinski definition) is 7. The van der Waals surface area contributed by atoms with Gasteiger partial charge in [0, 0.05) is 31.0 Å². The predicted octanol–water partition coefficient (Wildman–Crippen LogP) is 2.97. The number of oxazole rings is 1. The van der Waals surface area contributed by atoms with Gasteiger partial charge in [0.15, 0.2) is 5.09 Å². The first kappa shape index (κ1) is 19.8. The van der Waals surface area contributed by atoms with E-state index in [0.29, 0.717) is 11.0 Å². The van der Waals surface area contributed by atoms with Crippen LogP contribution in [0.4, 0.5) is 0 Å². The lowest BCUT2D eigenvalue weighted by Crippen LogP contribution is -2.37. The molecule has 0 amide bonds. The van der Waals surface area contributed by atoms with E-state index in [0.717, 1.165) is 44.2 Å². The first-order valence-electron chi connectivity index (χ1n) is 7.85. The third kappa shape index (κ3) is 5.22. The van der Waals surface area contributed by atoms with Crippen LogP contribution in [0.25, 0.3) is 11.5 Å². The SMILES string of the molecule is COC(=O)c1nc(-c2ccccc2)oc1SCCN1CCOCC1.Cl. The number of rotatable bonds is 6. The van der Waals surface area contributed by atoms with Crippen molar-refractivity contribution in [1.29, 1.82) is 0 Å². The second-order valence-corrected chi connectivity index (χ2v) is 6.38. The summed E-state index contributed by atoms with van der Waals surface area (Å²) in [4.78, 5) is 18.6. The zero-order valence-electron chi connectivity index (χ0n) is 14.0. The summed E-state index contributed by atoms with van der Waals surface area (Å²) >= 11 is 1.49. The maximum absolute atomic E-state index is 12.0. The van der Waals surface area contributed by atoms with Gasteiger partial charge < -0.3 is 13.9 Å². The van der Waals surface area contributed by atoms with E-state index in [-0.39, 0.29) is 18.1 Å². The molecule has 2 heterocycles. The number of carbonyl (C=O) groups is 1. The summed E-state index contributed by atoms with van der Waals surface area (Å²) in [7, 11) is 1.35. The highest BCUT2D eigenvalue weighted by atomic mass is 35.5. The van der Waals surface area contributed by atoms with Gasteiger partial charge in [-0.3, -0.25) is 4.90 Å². The molecule has 0 aliphatic carbocycles. The molecule has 0 N–H and O–H groups in total. The van der Waals surface area contributed by atoms with Gasteiger partial charge in [0.25, 0.3) is 0 Å². The van der Waals surface area contributed by atoms with Crippen LogP contribution < -0.4 is 0 Å². The summed E-state index contributed by atoms with van der Waals surface area (Å²) in [6.07, 6.45) is 0. The highest BCUT2D eigenvalue weighted by Crippen LogP contribution is 2.29. The number of morpholine rings is 1. The second-order valence-electron chi connectivity index (χ2n) is 5.32. The Morgan fingerprint density at radius 1 is 1.28 bits per heavy atom. The monoisotopic (exact) mass is 384 g/mol. The van der Waals surface area contributed by atoms with Gasteiger partial charge in [-0.2, -0.15) is 0 Å². The third-order valence-electron chi connectivity index (χ3n) is 3.74. The van der Waals surface area contributed by atoms with Crippen LogP contribution in [0.2, 0.25) is 0 Å². The number of benzene rings is 1. The van der Waals surface area contributed by atoms with Gasteiger partial charge in [-0.05, 0) is 12.1 Å². The lowest BCUT2D eigenvalue weighted by molar-refractivity contribution is 0.0410. The zero-order chi connectivity index (χ0) is 16.8. The minimum Gasteiger partial charge on any atom is -0.464 e. The summed E-state index contributed by atoms with van der Waals surface area (Å²) in [5.74, 6) is 0.771. The minimum atomic E-state index is -0.477. The fourth-order valence-corrected chi connectivity index (χ4v) is 3.36. The second kappa shape index (κ2) is 9.82. The van der Waals surface area contributed by atoms with E-state index in [1.165, 1.54) is 18.9 Å². The van der Waals surface area contributed by atoms with Crippen molar-refractivity contribution in [2.24, 2.45) is 0 Å². The highest BCUT2D eigenvalue weighted by molar-refractivity contribution is 7.99. The molecule has 0 unspecified atom stereocenters. The Labute approximate surface area is 157 Å². The van der Waals surface area contributed by atoms with Crippen LogP contribution in [0, 0.1) is 0 Å². The number of methoxy groups -OCH3 is 1. The Kier molecular flexibility index (Phi) is 7.77. The van der Waals surface area contributed by atoms with Crippen molar-refractivity contribution in [2.75, 3.05) is 45.7 Å². The van der Waals surface area contributed by atoms with Gasteiger partial charge >= 0.3 is 5.97 Å². The molecule has 25 heavy (non-hydrogen) atoms. The van der Waals surface area contributed by atoms with Crippen molar-refractivity contribution < 1.29 is 18.7 Å². The topological polar surface area (TPSA) is 64.8 Å². The molecule has 2 aromatic rings. The fourth-order valence-electron chi connectivity index (χ4n) is 2.43. The van der Waals surface area contributed by atoms with Gasteiger partial charge in [0.2, 0.25) is 11.6 Å². The maximum Gasteiger partial charge on any atom is 0.361 e. The average molecular weight is 385 g/mol. The van der Waals surface area contributed by atoms with Crippen molar-refractivity contribution >= 4 is 30.1 Å². The molecule has 136 valence electrons. The van der Waals surface area contributed by atoms with E-state index >= 15 is 0 Å². The van der Waals surface area contributed by atoms with E-state index in [1.54, 1.807) is 0 Å². The van der Waals surface area contributed by atoms with Crippen LogP contribution in [0.1, 0.15) is 10.5 Å². The molecule has 1 aromatic heterocycles. The molecule has 0 atom stereocenters. The molecule has 3 rings (SSSR count). The lowest BCUT2D eigenvalue weighted by Gasteiger charge is -2.26. The van der Waals surface area contributed by atoms with Crippen molar-refractivity contribution in [2.45, 2.75) is 5.09 Å². The molecule has 1 aromatic carbocycles. The summed E-state index contributed by atoms with van der Waals surface area (Å²) < 4.78 is 16.0. The van der Waals surface area contributed by atoms with Crippen molar-refractivity contribution in [3.63, 3.8) is 0 Å². The molecule has 1 fully saturated rings. The number of carbonyl (C=O) groups excluding carboxylic acids is 1. The summed E-state index contributed by atoms with van der Waals surface area (Å²) in [5.41, 5.74) is 1.08. The fraction of sp³-hybridized carbons (Fsp3) is 0.412. The summed E-state index contributed by atoms with van der Waals surface area (Å²) in [6.45, 7) is 4.35. The quantitative estimate of drug-likeness (QED) is 0.560. The van der Waals surface area contributed by atoms with Crippen LogP contribution in [-0.2, 0) is 9.47 Å². The Morgan fingerprint density at radius 2 is 2.00 bits per heavy atom. The van der Waals surface area contributed by atoms with E-state index in [2.05, 4.69) is 9.88 Å². The van der Waals surface area contributed by atoms with Gasteiger partial charge in [-0.25, -0.2) is 9.78 Å². The highest BCUT2D eigenvalue weighted by Gasteiger charge is 2.22. The van der Waals surface area contributed by atoms with Crippen LogP contribution in [0.5, 0.6) is 0 Å². The number of ether oxygens (including phenoxy) is 2. The van der Waals surface area contributed by atoms with E-state index < -0.39 is 5.97 Å². The van der Waals surface area contributed by atoms with Crippen LogP contribution in [0.15, 0.2) is 39.8 Å². The van der Waals surface area contributed by atoms with Crippen LogP contribution in [0.3, 0.4) is 0 Å². The number of hydrogen-bond donors (Lipinski definition) is 0. The van der Waals surface area contributed by atoms with Gasteiger partial charge in [0.1, 0.15) is 0 Å². The molecule has 0 spiro atoms. The Bertz CT molecular complexity index is 675. The van der Waals surface area contributed by atoms with Crippen molar-refractivity contribution in [3.05, 3.63) is 36.0 Å². The van der Waals surface area contributed by atoms with Crippen molar-refractivity contribution in [3.8, 4) is 11.5 Å². The normalized spacial score (nSPS) is 14.8. The molecular weight excluding hydrogens is 364 g/mol. The Hall–Kier alpha value is -1.54. The van der Waals surface area contributed by atoms with Gasteiger partial charge in [0.05, 0.1) is 20.3 Å². The average Bonchev–Trinajstić information content (AvgIpc) is 3.07. The van der Waals surface area contributed by atoms with E-state index in [9.17, 15) is 4.79 Å². The lowest BCUT2D eigenvalue weighted by atomic mass is 10.2. The number of thioether (sulfide) groups is 1. The predicted molar refractivity (Wildman–Crippen MR) is 98.5 cm³/mol. The molecule has 1 saturated heterocycles. The third-order valence-corrected chi connectivity index (χ3v) is 4.67. The molecule has 6 nitrogen and oxygen atoms in total. The molecule has 0 radical (unpaired) electrons. The Morgan fingerprint density at radius 3 is 2.68 bits per heavy atom. The summed E-state index contributed by atoms with van der Waals surface area (Å²) in [6, 6.07) is 9.53. The van der Waals surface area contributed by atoms with Gasteiger partial charge in [-0.15, -0.1) is 12.4 Å². The zero-order valence-corrected chi connectivity index (χ0v) is 15.6. The van der Waals surface area contributed by atoms with Crippen molar-refractivity contribution in [1.82, 2.24) is 9.88 Å². The molecule has 0 saturated carbocycles. The molecular formula is C17H21ClN2O4S.